The van der Waals surface area contributed by atoms with Gasteiger partial charge in [-0.2, -0.15) is 0 Å². The number of thiophene rings is 1. The second-order valence-corrected chi connectivity index (χ2v) is 6.79. The second-order valence-electron chi connectivity index (χ2n) is 5.74. The van der Waals surface area contributed by atoms with E-state index >= 15 is 0 Å². The average Bonchev–Trinajstić information content (AvgIpc) is 2.81. The van der Waals surface area contributed by atoms with Crippen LogP contribution in [0.15, 0.2) is 18.5 Å². The fourth-order valence-electron chi connectivity index (χ4n) is 2.81. The maximum absolute atomic E-state index is 12.5. The average molecular weight is 304 g/mol. The number of likely N-dealkylation sites (tertiary alicyclic amines) is 1. The molecule has 21 heavy (non-hydrogen) atoms. The quantitative estimate of drug-likeness (QED) is 0.891. The van der Waals surface area contributed by atoms with E-state index in [4.69, 9.17) is 5.73 Å². The highest BCUT2D eigenvalue weighted by molar-refractivity contribution is 7.21. The molecule has 0 aliphatic carbocycles. The second kappa shape index (κ2) is 5.61. The van der Waals surface area contributed by atoms with Crippen molar-refractivity contribution in [2.75, 3.05) is 19.3 Å². The van der Waals surface area contributed by atoms with Gasteiger partial charge in [0.15, 0.2) is 0 Å². The minimum Gasteiger partial charge on any atom is -0.397 e. The predicted molar refractivity (Wildman–Crippen MR) is 86.6 cm³/mol. The Kier molecular flexibility index (Phi) is 3.82. The van der Waals surface area contributed by atoms with E-state index in [1.165, 1.54) is 11.3 Å². The molecular weight excluding hydrogens is 284 g/mol. The van der Waals surface area contributed by atoms with Crippen LogP contribution in [0.4, 0.5) is 5.69 Å². The SMILES string of the molecule is CC1CC(NC(=O)c2sc3cnccc3c2N)CCN1C. The molecule has 0 bridgehead atoms. The van der Waals surface area contributed by atoms with Gasteiger partial charge in [-0.05, 0) is 32.9 Å². The number of nitrogens with zero attached hydrogens (tertiary/aromatic N) is 2. The molecule has 1 saturated heterocycles. The number of rotatable bonds is 2. The summed E-state index contributed by atoms with van der Waals surface area (Å²) < 4.78 is 0.955. The highest BCUT2D eigenvalue weighted by Gasteiger charge is 2.25. The lowest BCUT2D eigenvalue weighted by atomic mass is 9.99. The molecule has 1 aliphatic heterocycles. The number of nitrogens with one attached hydrogen (secondary N) is 1. The van der Waals surface area contributed by atoms with Crippen LogP contribution >= 0.6 is 11.3 Å². The molecule has 0 spiro atoms. The molecule has 6 heteroatoms. The van der Waals surface area contributed by atoms with E-state index in [-0.39, 0.29) is 11.9 Å². The number of amides is 1. The van der Waals surface area contributed by atoms with Crippen molar-refractivity contribution in [3.63, 3.8) is 0 Å². The highest BCUT2D eigenvalue weighted by Crippen LogP contribution is 2.33. The summed E-state index contributed by atoms with van der Waals surface area (Å²) in [6, 6.07) is 2.58. The summed E-state index contributed by atoms with van der Waals surface area (Å²) in [4.78, 5) is 19.5. The van der Waals surface area contributed by atoms with Crippen LogP contribution in [0.25, 0.3) is 10.1 Å². The zero-order chi connectivity index (χ0) is 15.0. The summed E-state index contributed by atoms with van der Waals surface area (Å²) in [7, 11) is 2.12. The molecule has 2 unspecified atom stereocenters. The number of carbonyl (C=O) groups is 1. The molecule has 3 heterocycles. The van der Waals surface area contributed by atoms with Gasteiger partial charge in [-0.1, -0.05) is 0 Å². The van der Waals surface area contributed by atoms with Crippen LogP contribution in [-0.4, -0.2) is 41.5 Å². The van der Waals surface area contributed by atoms with E-state index in [0.29, 0.717) is 16.6 Å². The van der Waals surface area contributed by atoms with Crippen LogP contribution < -0.4 is 11.1 Å². The molecule has 2 aromatic heterocycles. The van der Waals surface area contributed by atoms with Crippen LogP contribution in [-0.2, 0) is 0 Å². The monoisotopic (exact) mass is 304 g/mol. The zero-order valence-corrected chi connectivity index (χ0v) is 13.1. The number of fused-ring (bicyclic) bond motifs is 1. The predicted octanol–water partition coefficient (Wildman–Crippen LogP) is 2.09. The Morgan fingerprint density at radius 1 is 1.57 bits per heavy atom. The van der Waals surface area contributed by atoms with Crippen molar-refractivity contribution in [2.24, 2.45) is 0 Å². The molecule has 1 aliphatic rings. The van der Waals surface area contributed by atoms with Crippen molar-refractivity contribution in [1.82, 2.24) is 15.2 Å². The van der Waals surface area contributed by atoms with Gasteiger partial charge in [0.25, 0.3) is 5.91 Å². The first kappa shape index (κ1) is 14.3. The van der Waals surface area contributed by atoms with Crippen molar-refractivity contribution in [1.29, 1.82) is 0 Å². The lowest BCUT2D eigenvalue weighted by Crippen LogP contribution is -2.47. The maximum Gasteiger partial charge on any atom is 0.263 e. The lowest BCUT2D eigenvalue weighted by Gasteiger charge is -2.35. The van der Waals surface area contributed by atoms with Crippen molar-refractivity contribution in [3.8, 4) is 0 Å². The molecule has 1 fully saturated rings. The first-order valence-electron chi connectivity index (χ1n) is 7.19. The minimum absolute atomic E-state index is 0.0598. The molecule has 3 N–H and O–H groups in total. The molecule has 0 aromatic carbocycles. The summed E-state index contributed by atoms with van der Waals surface area (Å²) >= 11 is 1.41. The Morgan fingerprint density at radius 3 is 3.10 bits per heavy atom. The van der Waals surface area contributed by atoms with E-state index in [1.54, 1.807) is 12.4 Å². The normalized spacial score (nSPS) is 23.3. The third kappa shape index (κ3) is 2.73. The number of pyridine rings is 1. The Morgan fingerprint density at radius 2 is 2.38 bits per heavy atom. The van der Waals surface area contributed by atoms with E-state index < -0.39 is 0 Å². The van der Waals surface area contributed by atoms with Gasteiger partial charge in [-0.25, -0.2) is 0 Å². The number of nitrogen functional groups attached to an aromatic ring is 1. The Bertz CT molecular complexity index is 669. The van der Waals surface area contributed by atoms with Gasteiger partial charge in [0.2, 0.25) is 0 Å². The molecule has 0 radical (unpaired) electrons. The summed E-state index contributed by atoms with van der Waals surface area (Å²) in [6.45, 7) is 3.20. The smallest absolute Gasteiger partial charge is 0.263 e. The van der Waals surface area contributed by atoms with Gasteiger partial charge in [0.1, 0.15) is 4.88 Å². The van der Waals surface area contributed by atoms with Crippen LogP contribution in [0.5, 0.6) is 0 Å². The fraction of sp³-hybridized carbons (Fsp3) is 0.467. The summed E-state index contributed by atoms with van der Waals surface area (Å²) in [6.07, 6.45) is 5.42. The Balaban J connectivity index is 1.77. The topological polar surface area (TPSA) is 71.2 Å². The van der Waals surface area contributed by atoms with Crippen LogP contribution in [0.1, 0.15) is 29.4 Å². The molecule has 2 atom stereocenters. The van der Waals surface area contributed by atoms with E-state index in [2.05, 4.69) is 29.2 Å². The number of aromatic nitrogens is 1. The molecular formula is C15H20N4OS. The van der Waals surface area contributed by atoms with Gasteiger partial charge in [0, 0.05) is 36.4 Å². The molecule has 5 nitrogen and oxygen atoms in total. The van der Waals surface area contributed by atoms with Crippen molar-refractivity contribution < 1.29 is 4.79 Å². The number of piperidine rings is 1. The number of hydrogen-bond acceptors (Lipinski definition) is 5. The van der Waals surface area contributed by atoms with E-state index in [0.717, 1.165) is 29.5 Å². The molecule has 1 amide bonds. The lowest BCUT2D eigenvalue weighted by molar-refractivity contribution is 0.0901. The fourth-order valence-corrected chi connectivity index (χ4v) is 3.80. The summed E-state index contributed by atoms with van der Waals surface area (Å²) in [5, 5.41) is 4.05. The highest BCUT2D eigenvalue weighted by atomic mass is 32.1. The summed E-state index contributed by atoms with van der Waals surface area (Å²) in [5.41, 5.74) is 6.67. The number of carbonyl (C=O) groups excluding carboxylic acids is 1. The summed E-state index contributed by atoms with van der Waals surface area (Å²) in [5.74, 6) is -0.0598. The largest absolute Gasteiger partial charge is 0.397 e. The zero-order valence-electron chi connectivity index (χ0n) is 12.3. The first-order valence-corrected chi connectivity index (χ1v) is 8.01. The van der Waals surface area contributed by atoms with Gasteiger partial charge in [0.05, 0.1) is 10.4 Å². The van der Waals surface area contributed by atoms with Gasteiger partial charge in [-0.15, -0.1) is 11.3 Å². The van der Waals surface area contributed by atoms with Gasteiger partial charge < -0.3 is 16.0 Å². The number of hydrogen-bond donors (Lipinski definition) is 2. The third-order valence-corrected chi connectivity index (χ3v) is 5.44. The van der Waals surface area contributed by atoms with E-state index in [9.17, 15) is 4.79 Å². The van der Waals surface area contributed by atoms with Gasteiger partial charge in [-0.3, -0.25) is 9.78 Å². The number of nitrogens with two attached hydrogens (primary N) is 1. The third-order valence-electron chi connectivity index (χ3n) is 4.28. The van der Waals surface area contributed by atoms with Crippen molar-refractivity contribution in [3.05, 3.63) is 23.3 Å². The van der Waals surface area contributed by atoms with Crippen molar-refractivity contribution >= 4 is 33.0 Å². The Hall–Kier alpha value is -1.66. The standard InChI is InChI=1S/C15H20N4OS/c1-9-7-10(4-6-19(9)2)18-15(20)14-13(16)11-3-5-17-8-12(11)21-14/h3,5,8-10H,4,6-7,16H2,1-2H3,(H,18,20). The maximum atomic E-state index is 12.5. The Labute approximate surface area is 128 Å². The first-order chi connectivity index (χ1) is 10.1. The molecule has 112 valence electrons. The minimum atomic E-state index is -0.0598. The van der Waals surface area contributed by atoms with Crippen LogP contribution in [0.3, 0.4) is 0 Å². The van der Waals surface area contributed by atoms with Crippen LogP contribution in [0, 0.1) is 0 Å². The van der Waals surface area contributed by atoms with E-state index in [1.807, 2.05) is 6.07 Å². The molecule has 0 saturated carbocycles. The molecule has 3 rings (SSSR count). The van der Waals surface area contributed by atoms with Gasteiger partial charge >= 0.3 is 0 Å². The van der Waals surface area contributed by atoms with Crippen molar-refractivity contribution in [2.45, 2.75) is 31.8 Å². The van der Waals surface area contributed by atoms with Crippen LogP contribution in [0.2, 0.25) is 0 Å². The molecule has 2 aromatic rings. The number of anilines is 1.